The SMILES string of the molecule is COc1ccc(-c2nnc(SCc3c(Cl)cccc3Cl)n2-c2ccccc2C(C)C)cc1. The van der Waals surface area contributed by atoms with Crippen molar-refractivity contribution in [3.8, 4) is 22.8 Å². The smallest absolute Gasteiger partial charge is 0.196 e. The number of thioether (sulfide) groups is 1. The number of ether oxygens (including phenoxy) is 1. The van der Waals surface area contributed by atoms with E-state index >= 15 is 0 Å². The minimum Gasteiger partial charge on any atom is -0.497 e. The zero-order chi connectivity index (χ0) is 22.7. The molecule has 32 heavy (non-hydrogen) atoms. The van der Waals surface area contributed by atoms with Crippen LogP contribution >= 0.6 is 35.0 Å². The first-order valence-electron chi connectivity index (χ1n) is 10.2. The molecule has 0 bridgehead atoms. The van der Waals surface area contributed by atoms with E-state index in [1.807, 2.05) is 48.5 Å². The second-order valence-corrected chi connectivity index (χ2v) is 9.33. The van der Waals surface area contributed by atoms with E-state index in [0.29, 0.717) is 21.7 Å². The molecule has 0 saturated heterocycles. The molecular weight excluding hydrogens is 461 g/mol. The van der Waals surface area contributed by atoms with E-state index in [4.69, 9.17) is 27.9 Å². The Labute approximate surface area is 202 Å². The first-order valence-corrected chi connectivity index (χ1v) is 12.0. The van der Waals surface area contributed by atoms with Gasteiger partial charge in [0.05, 0.1) is 12.8 Å². The first-order chi connectivity index (χ1) is 15.5. The summed E-state index contributed by atoms with van der Waals surface area (Å²) in [6.45, 7) is 4.37. The number of benzene rings is 3. The van der Waals surface area contributed by atoms with Crippen LogP contribution in [0.4, 0.5) is 0 Å². The van der Waals surface area contributed by atoms with E-state index in [-0.39, 0.29) is 0 Å². The fraction of sp³-hybridized carbons (Fsp3) is 0.200. The largest absolute Gasteiger partial charge is 0.497 e. The van der Waals surface area contributed by atoms with Gasteiger partial charge in [-0.15, -0.1) is 10.2 Å². The van der Waals surface area contributed by atoms with Gasteiger partial charge in [0.25, 0.3) is 0 Å². The van der Waals surface area contributed by atoms with Gasteiger partial charge in [-0.3, -0.25) is 4.57 Å². The monoisotopic (exact) mass is 483 g/mol. The second-order valence-electron chi connectivity index (χ2n) is 7.57. The molecule has 0 atom stereocenters. The van der Waals surface area contributed by atoms with Crippen LogP contribution in [0.1, 0.15) is 30.9 Å². The van der Waals surface area contributed by atoms with Crippen LogP contribution in [0.3, 0.4) is 0 Å². The molecule has 0 aliphatic carbocycles. The predicted octanol–water partition coefficient (Wildman–Crippen LogP) is 7.67. The Morgan fingerprint density at radius 2 is 1.59 bits per heavy atom. The van der Waals surface area contributed by atoms with Crippen molar-refractivity contribution in [2.24, 2.45) is 0 Å². The highest BCUT2D eigenvalue weighted by atomic mass is 35.5. The molecule has 0 saturated carbocycles. The van der Waals surface area contributed by atoms with Crippen LogP contribution in [0.5, 0.6) is 5.75 Å². The van der Waals surface area contributed by atoms with Gasteiger partial charge < -0.3 is 4.74 Å². The number of aromatic nitrogens is 3. The molecule has 1 aromatic heterocycles. The summed E-state index contributed by atoms with van der Waals surface area (Å²) >= 11 is 14.4. The number of rotatable bonds is 7. The third-order valence-corrected chi connectivity index (χ3v) is 6.85. The lowest BCUT2D eigenvalue weighted by molar-refractivity contribution is 0.415. The molecule has 7 heteroatoms. The van der Waals surface area contributed by atoms with Gasteiger partial charge in [0, 0.05) is 21.4 Å². The summed E-state index contributed by atoms with van der Waals surface area (Å²) in [5.41, 5.74) is 4.13. The molecule has 0 unspecified atom stereocenters. The third-order valence-electron chi connectivity index (χ3n) is 5.19. The van der Waals surface area contributed by atoms with Gasteiger partial charge in [-0.05, 0) is 59.5 Å². The summed E-state index contributed by atoms with van der Waals surface area (Å²) in [6, 6.07) is 21.8. The molecule has 3 aromatic carbocycles. The van der Waals surface area contributed by atoms with E-state index < -0.39 is 0 Å². The fourth-order valence-corrected chi connectivity index (χ4v) is 5.18. The molecule has 0 radical (unpaired) electrons. The van der Waals surface area contributed by atoms with Crippen molar-refractivity contribution in [2.75, 3.05) is 7.11 Å². The topological polar surface area (TPSA) is 39.9 Å². The van der Waals surface area contributed by atoms with Gasteiger partial charge in [0.15, 0.2) is 11.0 Å². The van der Waals surface area contributed by atoms with Crippen LogP contribution in [0.15, 0.2) is 71.9 Å². The quantitative estimate of drug-likeness (QED) is 0.253. The summed E-state index contributed by atoms with van der Waals surface area (Å²) in [6.07, 6.45) is 0. The van der Waals surface area contributed by atoms with Gasteiger partial charge in [0.1, 0.15) is 5.75 Å². The maximum absolute atomic E-state index is 6.40. The van der Waals surface area contributed by atoms with E-state index in [9.17, 15) is 0 Å². The normalized spacial score (nSPS) is 11.2. The van der Waals surface area contributed by atoms with Crippen LogP contribution in [0.2, 0.25) is 10.0 Å². The average Bonchev–Trinajstić information content (AvgIpc) is 3.22. The van der Waals surface area contributed by atoms with Crippen LogP contribution in [-0.2, 0) is 5.75 Å². The molecule has 4 aromatic rings. The van der Waals surface area contributed by atoms with Crippen molar-refractivity contribution in [3.63, 3.8) is 0 Å². The van der Waals surface area contributed by atoms with Crippen LogP contribution < -0.4 is 4.74 Å². The van der Waals surface area contributed by atoms with E-state index in [2.05, 4.69) is 46.8 Å². The number of halogens is 2. The molecule has 0 amide bonds. The van der Waals surface area contributed by atoms with Gasteiger partial charge in [0.2, 0.25) is 0 Å². The molecule has 0 aliphatic rings. The summed E-state index contributed by atoms with van der Waals surface area (Å²) in [4.78, 5) is 0. The van der Waals surface area contributed by atoms with Crippen molar-refractivity contribution >= 4 is 35.0 Å². The highest BCUT2D eigenvalue weighted by molar-refractivity contribution is 7.98. The average molecular weight is 484 g/mol. The molecule has 0 spiro atoms. The van der Waals surface area contributed by atoms with Crippen LogP contribution in [0.25, 0.3) is 17.1 Å². The minimum absolute atomic E-state index is 0.341. The zero-order valence-corrected chi connectivity index (χ0v) is 20.4. The summed E-state index contributed by atoms with van der Waals surface area (Å²) in [5, 5.41) is 11.2. The van der Waals surface area contributed by atoms with Crippen molar-refractivity contribution in [1.82, 2.24) is 14.8 Å². The fourth-order valence-electron chi connectivity index (χ4n) is 3.49. The number of methoxy groups -OCH3 is 1. The number of hydrogen-bond acceptors (Lipinski definition) is 4. The maximum Gasteiger partial charge on any atom is 0.196 e. The van der Waals surface area contributed by atoms with Gasteiger partial charge >= 0.3 is 0 Å². The Hall–Kier alpha value is -2.47. The zero-order valence-electron chi connectivity index (χ0n) is 18.0. The summed E-state index contributed by atoms with van der Waals surface area (Å²) in [7, 11) is 1.66. The van der Waals surface area contributed by atoms with Crippen molar-refractivity contribution in [3.05, 3.63) is 87.9 Å². The van der Waals surface area contributed by atoms with Crippen molar-refractivity contribution in [1.29, 1.82) is 0 Å². The minimum atomic E-state index is 0.341. The standard InChI is InChI=1S/C25H23Cl2N3OS/c1-16(2)19-7-4-5-10-23(19)30-24(17-11-13-18(31-3)14-12-17)28-29-25(30)32-15-20-21(26)8-6-9-22(20)27/h4-14,16H,15H2,1-3H3. The first kappa shape index (κ1) is 22.7. The Balaban J connectivity index is 1.81. The van der Waals surface area contributed by atoms with E-state index in [1.165, 1.54) is 5.56 Å². The van der Waals surface area contributed by atoms with Crippen LogP contribution in [0, 0.1) is 0 Å². The molecule has 164 valence electrons. The third kappa shape index (κ3) is 4.65. The lowest BCUT2D eigenvalue weighted by Crippen LogP contribution is -2.05. The van der Waals surface area contributed by atoms with Gasteiger partial charge in [-0.25, -0.2) is 0 Å². The molecule has 1 heterocycles. The number of para-hydroxylation sites is 1. The maximum atomic E-state index is 6.40. The lowest BCUT2D eigenvalue weighted by Gasteiger charge is -2.17. The molecule has 0 aliphatic heterocycles. The Morgan fingerprint density at radius 3 is 2.25 bits per heavy atom. The predicted molar refractivity (Wildman–Crippen MR) is 133 cm³/mol. The van der Waals surface area contributed by atoms with Crippen LogP contribution in [-0.4, -0.2) is 21.9 Å². The molecule has 0 N–H and O–H groups in total. The van der Waals surface area contributed by atoms with E-state index in [1.54, 1.807) is 18.9 Å². The highest BCUT2D eigenvalue weighted by Gasteiger charge is 2.20. The number of hydrogen-bond donors (Lipinski definition) is 0. The Bertz CT molecular complexity index is 1200. The second kappa shape index (κ2) is 9.99. The lowest BCUT2D eigenvalue weighted by atomic mass is 10.0. The highest BCUT2D eigenvalue weighted by Crippen LogP contribution is 2.36. The summed E-state index contributed by atoms with van der Waals surface area (Å²) in [5.74, 6) is 2.50. The molecule has 4 nitrogen and oxygen atoms in total. The van der Waals surface area contributed by atoms with Crippen molar-refractivity contribution < 1.29 is 4.74 Å². The molecule has 0 fully saturated rings. The van der Waals surface area contributed by atoms with E-state index in [0.717, 1.165) is 33.5 Å². The van der Waals surface area contributed by atoms with Crippen molar-refractivity contribution in [2.45, 2.75) is 30.7 Å². The van der Waals surface area contributed by atoms with Gasteiger partial charge in [-0.2, -0.15) is 0 Å². The number of nitrogens with zero attached hydrogens (tertiary/aromatic N) is 3. The summed E-state index contributed by atoms with van der Waals surface area (Å²) < 4.78 is 7.43. The molecule has 4 rings (SSSR count). The Morgan fingerprint density at radius 1 is 0.906 bits per heavy atom. The molecular formula is C25H23Cl2N3OS. The van der Waals surface area contributed by atoms with Gasteiger partial charge in [-0.1, -0.05) is 73.1 Å². The Kier molecular flexibility index (Phi) is 7.09.